The summed E-state index contributed by atoms with van der Waals surface area (Å²) in [5.74, 6) is -2.69. The van der Waals surface area contributed by atoms with E-state index < -0.39 is 28.2 Å². The number of rotatable bonds is 4. The molecule has 0 radical (unpaired) electrons. The topological polar surface area (TPSA) is 86.5 Å². The number of hydrogen-bond donors (Lipinski definition) is 0. The van der Waals surface area contributed by atoms with Crippen molar-refractivity contribution in [1.29, 1.82) is 0 Å². The predicted octanol–water partition coefficient (Wildman–Crippen LogP) is 3.78. The van der Waals surface area contributed by atoms with Crippen LogP contribution in [0.4, 0.5) is 10.1 Å². The van der Waals surface area contributed by atoms with E-state index in [0.29, 0.717) is 0 Å². The molecule has 26 heavy (non-hydrogen) atoms. The summed E-state index contributed by atoms with van der Waals surface area (Å²) in [6, 6.07) is 9.00. The third-order valence-corrected chi connectivity index (χ3v) is 4.84. The van der Waals surface area contributed by atoms with Crippen LogP contribution in [0.2, 0.25) is 0 Å². The fourth-order valence-corrected chi connectivity index (χ4v) is 3.50. The average Bonchev–Trinajstić information content (AvgIpc) is 2.84. The summed E-state index contributed by atoms with van der Waals surface area (Å²) in [6.07, 6.45) is 0. The van der Waals surface area contributed by atoms with Crippen LogP contribution in [0.5, 0.6) is 5.75 Å². The van der Waals surface area contributed by atoms with Crippen LogP contribution in [0.15, 0.2) is 46.9 Å². The summed E-state index contributed by atoms with van der Waals surface area (Å²) in [6.45, 7) is 0. The van der Waals surface area contributed by atoms with E-state index in [-0.39, 0.29) is 32.6 Å². The minimum atomic E-state index is -1.20. The minimum absolute atomic E-state index is 0.0314. The summed E-state index contributed by atoms with van der Waals surface area (Å²) >= 11 is 3.14. The van der Waals surface area contributed by atoms with E-state index in [9.17, 15) is 24.1 Å². The van der Waals surface area contributed by atoms with Gasteiger partial charge in [0.15, 0.2) is 11.6 Å². The number of nitro benzene ring substituents is 1. The summed E-state index contributed by atoms with van der Waals surface area (Å²) in [4.78, 5) is 35.9. The van der Waals surface area contributed by atoms with Gasteiger partial charge < -0.3 is 4.74 Å². The highest BCUT2D eigenvalue weighted by atomic mass is 79.9. The van der Waals surface area contributed by atoms with E-state index >= 15 is 0 Å². The molecule has 0 aliphatic heterocycles. The molecule has 2 aromatic carbocycles. The largest absolute Gasteiger partial charge is 0.496 e. The molecule has 6 nitrogen and oxygen atoms in total. The molecule has 3 rings (SSSR count). The van der Waals surface area contributed by atoms with E-state index in [2.05, 4.69) is 15.9 Å². The quantitative estimate of drug-likeness (QED) is 0.427. The Bertz CT molecular complexity index is 985. The van der Waals surface area contributed by atoms with Crippen LogP contribution in [0.3, 0.4) is 0 Å². The van der Waals surface area contributed by atoms with Gasteiger partial charge in [0.25, 0.3) is 5.69 Å². The number of halogens is 2. The van der Waals surface area contributed by atoms with Crippen LogP contribution in [0, 0.1) is 15.9 Å². The number of carbonyl (C=O) groups excluding carboxylic acids is 2. The molecular formula is C18H11BrFNO5. The van der Waals surface area contributed by atoms with Crippen LogP contribution < -0.4 is 4.74 Å². The number of nitrogens with zero attached hydrogens (tertiary/aromatic N) is 1. The molecule has 8 heteroatoms. The maximum absolute atomic E-state index is 13.4. The Morgan fingerprint density at radius 1 is 1.15 bits per heavy atom. The third-order valence-electron chi connectivity index (χ3n) is 4.05. The van der Waals surface area contributed by atoms with Gasteiger partial charge in [-0.05, 0) is 33.6 Å². The highest BCUT2D eigenvalue weighted by Crippen LogP contribution is 2.43. The van der Waals surface area contributed by atoms with Crippen molar-refractivity contribution in [2.24, 2.45) is 0 Å². The monoisotopic (exact) mass is 419 g/mol. The first-order valence-corrected chi connectivity index (χ1v) is 8.21. The smallest absolute Gasteiger partial charge is 0.269 e. The fourth-order valence-electron chi connectivity index (χ4n) is 2.86. The maximum Gasteiger partial charge on any atom is 0.269 e. The Kier molecular flexibility index (Phi) is 4.69. The van der Waals surface area contributed by atoms with Crippen molar-refractivity contribution in [2.75, 3.05) is 7.11 Å². The van der Waals surface area contributed by atoms with Gasteiger partial charge in [-0.3, -0.25) is 19.7 Å². The Labute approximate surface area is 155 Å². The fraction of sp³-hybridized carbons (Fsp3) is 0.111. The molecule has 0 amide bonds. The number of ether oxygens (including phenoxy) is 1. The lowest BCUT2D eigenvalue weighted by atomic mass is 9.91. The van der Waals surface area contributed by atoms with E-state index in [4.69, 9.17) is 4.74 Å². The molecule has 0 aromatic heterocycles. The number of ketones is 2. The predicted molar refractivity (Wildman–Crippen MR) is 94.7 cm³/mol. The molecule has 1 unspecified atom stereocenters. The van der Waals surface area contributed by atoms with Gasteiger partial charge in [-0.25, -0.2) is 4.39 Å². The molecule has 0 saturated carbocycles. The standard InChI is InChI=1S/C18H11BrFNO5/c1-26-13-8-10(20)5-6-12(13)15-16(19)18(23)14(17(15)22)9-3-2-4-11(7-9)21(24)25/h2-8,14H,1H3. The number of carbonyl (C=O) groups is 2. The average molecular weight is 420 g/mol. The number of methoxy groups -OCH3 is 1. The van der Waals surface area contributed by atoms with Crippen LogP contribution in [-0.2, 0) is 9.59 Å². The Morgan fingerprint density at radius 2 is 1.88 bits per heavy atom. The molecule has 0 spiro atoms. The highest BCUT2D eigenvalue weighted by molar-refractivity contribution is 9.12. The molecule has 1 aliphatic carbocycles. The lowest BCUT2D eigenvalue weighted by molar-refractivity contribution is -0.384. The first-order valence-electron chi connectivity index (χ1n) is 7.41. The summed E-state index contributed by atoms with van der Waals surface area (Å²) in [5.41, 5.74) is 0.338. The molecule has 2 aromatic rings. The second-order valence-electron chi connectivity index (χ2n) is 5.55. The molecular weight excluding hydrogens is 409 g/mol. The van der Waals surface area contributed by atoms with Crippen molar-refractivity contribution in [3.05, 3.63) is 74.0 Å². The van der Waals surface area contributed by atoms with E-state index in [1.54, 1.807) is 0 Å². The zero-order chi connectivity index (χ0) is 19.0. The van der Waals surface area contributed by atoms with E-state index in [0.717, 1.165) is 12.1 Å². The van der Waals surface area contributed by atoms with Crippen molar-refractivity contribution in [3.63, 3.8) is 0 Å². The van der Waals surface area contributed by atoms with Crippen molar-refractivity contribution in [1.82, 2.24) is 0 Å². The van der Waals surface area contributed by atoms with Gasteiger partial charge in [-0.15, -0.1) is 0 Å². The highest BCUT2D eigenvalue weighted by Gasteiger charge is 2.42. The number of benzene rings is 2. The van der Waals surface area contributed by atoms with Gasteiger partial charge in [0, 0.05) is 29.3 Å². The Morgan fingerprint density at radius 3 is 2.54 bits per heavy atom. The summed E-state index contributed by atoms with van der Waals surface area (Å²) in [5, 5.41) is 11.0. The van der Waals surface area contributed by atoms with Gasteiger partial charge in [0.2, 0.25) is 0 Å². The lowest BCUT2D eigenvalue weighted by Gasteiger charge is -2.11. The first kappa shape index (κ1) is 17.9. The summed E-state index contributed by atoms with van der Waals surface area (Å²) in [7, 11) is 1.33. The SMILES string of the molecule is COc1cc(F)ccc1C1=C(Br)C(=O)C(c2cccc([N+](=O)[O-])c2)C1=O. The van der Waals surface area contributed by atoms with Gasteiger partial charge in [-0.2, -0.15) is 0 Å². The molecule has 0 fully saturated rings. The van der Waals surface area contributed by atoms with E-state index in [1.165, 1.54) is 37.4 Å². The van der Waals surface area contributed by atoms with Gasteiger partial charge >= 0.3 is 0 Å². The van der Waals surface area contributed by atoms with Crippen molar-refractivity contribution >= 4 is 38.8 Å². The molecule has 1 atom stereocenters. The van der Waals surface area contributed by atoms with Crippen molar-refractivity contribution in [3.8, 4) is 5.75 Å². The first-order chi connectivity index (χ1) is 12.3. The van der Waals surface area contributed by atoms with E-state index in [1.807, 2.05) is 0 Å². The zero-order valence-corrected chi connectivity index (χ0v) is 14.9. The molecule has 1 aliphatic rings. The normalized spacial score (nSPS) is 17.0. The number of allylic oxidation sites excluding steroid dienone is 2. The second-order valence-corrected chi connectivity index (χ2v) is 6.34. The Hall–Kier alpha value is -2.87. The van der Waals surface area contributed by atoms with Crippen LogP contribution in [0.25, 0.3) is 5.57 Å². The number of hydrogen-bond acceptors (Lipinski definition) is 5. The second kappa shape index (κ2) is 6.80. The van der Waals surface area contributed by atoms with Crippen LogP contribution in [-0.4, -0.2) is 23.6 Å². The van der Waals surface area contributed by atoms with Gasteiger partial charge in [0.05, 0.1) is 16.5 Å². The lowest BCUT2D eigenvalue weighted by Crippen LogP contribution is -2.15. The van der Waals surface area contributed by atoms with Crippen LogP contribution in [0.1, 0.15) is 17.0 Å². The number of non-ortho nitro benzene ring substituents is 1. The zero-order valence-electron chi connectivity index (χ0n) is 13.4. The molecule has 0 bridgehead atoms. The molecule has 0 N–H and O–H groups in total. The molecule has 0 saturated heterocycles. The van der Waals surface area contributed by atoms with Gasteiger partial charge in [0.1, 0.15) is 17.5 Å². The minimum Gasteiger partial charge on any atom is -0.496 e. The number of Topliss-reactive ketones (excluding diaryl/α,β-unsaturated/α-hetero) is 2. The van der Waals surface area contributed by atoms with Crippen LogP contribution >= 0.6 is 15.9 Å². The molecule has 0 heterocycles. The number of nitro groups is 1. The third kappa shape index (κ3) is 2.92. The maximum atomic E-state index is 13.4. The summed E-state index contributed by atoms with van der Waals surface area (Å²) < 4.78 is 18.6. The Balaban J connectivity index is 2.09. The molecule has 132 valence electrons. The van der Waals surface area contributed by atoms with Crippen molar-refractivity contribution in [2.45, 2.75) is 5.92 Å². The van der Waals surface area contributed by atoms with Gasteiger partial charge in [-0.1, -0.05) is 12.1 Å². The van der Waals surface area contributed by atoms with Crippen molar-refractivity contribution < 1.29 is 23.6 Å².